The molecule has 1 heterocycles. The van der Waals surface area contributed by atoms with Gasteiger partial charge in [-0.05, 0) is 24.8 Å². The van der Waals surface area contributed by atoms with E-state index in [1.165, 1.54) is 0 Å². The summed E-state index contributed by atoms with van der Waals surface area (Å²) >= 11 is 0. The predicted octanol–water partition coefficient (Wildman–Crippen LogP) is 1.96. The van der Waals surface area contributed by atoms with Crippen molar-refractivity contribution in [2.45, 2.75) is 40.2 Å². The van der Waals surface area contributed by atoms with Gasteiger partial charge >= 0.3 is 0 Å². The van der Waals surface area contributed by atoms with Gasteiger partial charge in [-0.2, -0.15) is 0 Å². The summed E-state index contributed by atoms with van der Waals surface area (Å²) < 4.78 is 0. The van der Waals surface area contributed by atoms with Gasteiger partial charge in [0.2, 0.25) is 5.95 Å². The molecule has 0 fully saturated rings. The number of aryl methyl sites for hydroxylation is 1. The maximum Gasteiger partial charge on any atom is 0.222 e. The molecule has 0 radical (unpaired) electrons. The van der Waals surface area contributed by atoms with E-state index in [0.717, 1.165) is 12.1 Å². The molecule has 0 aliphatic carbocycles. The highest BCUT2D eigenvalue weighted by Gasteiger charge is 2.15. The topological polar surface area (TPSA) is 63.8 Å². The van der Waals surface area contributed by atoms with Crippen molar-refractivity contribution in [2.75, 3.05) is 11.9 Å². The maximum absolute atomic E-state index is 6.03. The zero-order valence-electron chi connectivity index (χ0n) is 10.6. The molecule has 1 rings (SSSR count). The van der Waals surface area contributed by atoms with Gasteiger partial charge in [-0.1, -0.05) is 20.8 Å². The van der Waals surface area contributed by atoms with Gasteiger partial charge in [0.15, 0.2) is 0 Å². The highest BCUT2D eigenvalue weighted by Crippen LogP contribution is 2.19. The van der Waals surface area contributed by atoms with E-state index in [9.17, 15) is 0 Å². The van der Waals surface area contributed by atoms with Crippen LogP contribution < -0.4 is 11.1 Å². The van der Waals surface area contributed by atoms with Crippen LogP contribution >= 0.6 is 0 Å². The van der Waals surface area contributed by atoms with E-state index < -0.39 is 0 Å². The van der Waals surface area contributed by atoms with Crippen LogP contribution in [0.4, 0.5) is 5.95 Å². The van der Waals surface area contributed by atoms with Crippen LogP contribution in [-0.2, 0) is 0 Å². The summed E-state index contributed by atoms with van der Waals surface area (Å²) in [4.78, 5) is 8.39. The van der Waals surface area contributed by atoms with Gasteiger partial charge in [0.05, 0.1) is 0 Å². The van der Waals surface area contributed by atoms with Crippen LogP contribution in [0.3, 0.4) is 0 Å². The number of rotatable bonds is 4. The van der Waals surface area contributed by atoms with Gasteiger partial charge in [-0.25, -0.2) is 9.97 Å². The maximum atomic E-state index is 6.03. The Bertz CT molecular complexity index is 330. The lowest BCUT2D eigenvalue weighted by atomic mass is 9.88. The van der Waals surface area contributed by atoms with Crippen LogP contribution in [0.1, 0.15) is 32.9 Å². The van der Waals surface area contributed by atoms with Crippen LogP contribution in [-0.4, -0.2) is 22.6 Å². The summed E-state index contributed by atoms with van der Waals surface area (Å²) in [6.07, 6.45) is 2.73. The highest BCUT2D eigenvalue weighted by atomic mass is 15.1. The van der Waals surface area contributed by atoms with E-state index in [1.807, 2.05) is 13.0 Å². The van der Waals surface area contributed by atoms with Gasteiger partial charge < -0.3 is 11.1 Å². The third-order valence-corrected chi connectivity index (χ3v) is 2.19. The molecule has 1 unspecified atom stereocenters. The molecule has 1 aromatic rings. The van der Waals surface area contributed by atoms with Crippen molar-refractivity contribution < 1.29 is 0 Å². The third kappa shape index (κ3) is 5.07. The van der Waals surface area contributed by atoms with Crippen LogP contribution in [0.15, 0.2) is 12.3 Å². The molecule has 4 heteroatoms. The number of hydrogen-bond acceptors (Lipinski definition) is 4. The molecule has 0 aliphatic rings. The average Bonchev–Trinajstić information content (AvgIpc) is 2.12. The minimum absolute atomic E-state index is 0.129. The molecule has 0 amide bonds. The van der Waals surface area contributed by atoms with Crippen molar-refractivity contribution in [2.24, 2.45) is 11.1 Å². The first-order valence-corrected chi connectivity index (χ1v) is 5.66. The highest BCUT2D eigenvalue weighted by molar-refractivity contribution is 5.24. The molecule has 0 aromatic carbocycles. The molecule has 3 N–H and O–H groups in total. The fourth-order valence-corrected chi connectivity index (χ4v) is 1.62. The summed E-state index contributed by atoms with van der Waals surface area (Å²) in [5.41, 5.74) is 7.25. The SMILES string of the molecule is Cc1ccnc(NCC(N)CC(C)(C)C)n1. The second-order valence-electron chi connectivity index (χ2n) is 5.43. The zero-order chi connectivity index (χ0) is 12.2. The molecular weight excluding hydrogens is 200 g/mol. The number of nitrogens with two attached hydrogens (primary N) is 1. The normalized spacial score (nSPS) is 13.6. The second-order valence-corrected chi connectivity index (χ2v) is 5.43. The summed E-state index contributed by atoms with van der Waals surface area (Å²) in [7, 11) is 0. The Morgan fingerprint density at radius 1 is 1.44 bits per heavy atom. The third-order valence-electron chi connectivity index (χ3n) is 2.19. The first-order valence-electron chi connectivity index (χ1n) is 5.66. The van der Waals surface area contributed by atoms with Crippen molar-refractivity contribution >= 4 is 5.95 Å². The first kappa shape index (κ1) is 12.9. The number of nitrogens with zero attached hydrogens (tertiary/aromatic N) is 2. The lowest BCUT2D eigenvalue weighted by Gasteiger charge is -2.23. The fourth-order valence-electron chi connectivity index (χ4n) is 1.62. The standard InChI is InChI=1S/C12H22N4/c1-9-5-6-14-11(16-9)15-8-10(13)7-12(2,3)4/h5-6,10H,7-8,13H2,1-4H3,(H,14,15,16). The Morgan fingerprint density at radius 2 is 2.12 bits per heavy atom. The van der Waals surface area contributed by atoms with Crippen molar-refractivity contribution in [3.8, 4) is 0 Å². The lowest BCUT2D eigenvalue weighted by molar-refractivity contribution is 0.344. The Kier molecular flexibility index (Phi) is 4.24. The quantitative estimate of drug-likeness (QED) is 0.817. The fraction of sp³-hybridized carbons (Fsp3) is 0.667. The van der Waals surface area contributed by atoms with Gasteiger partial charge in [0.25, 0.3) is 0 Å². The van der Waals surface area contributed by atoms with E-state index in [0.29, 0.717) is 12.5 Å². The lowest BCUT2D eigenvalue weighted by Crippen LogP contribution is -2.33. The van der Waals surface area contributed by atoms with E-state index in [4.69, 9.17) is 5.73 Å². The summed E-state index contributed by atoms with van der Waals surface area (Å²) in [5.74, 6) is 0.657. The summed E-state index contributed by atoms with van der Waals surface area (Å²) in [6.45, 7) is 9.23. The largest absolute Gasteiger partial charge is 0.353 e. The predicted molar refractivity (Wildman–Crippen MR) is 67.3 cm³/mol. The first-order chi connectivity index (χ1) is 7.37. The van der Waals surface area contributed by atoms with E-state index in [1.54, 1.807) is 6.20 Å². The minimum atomic E-state index is 0.129. The Morgan fingerprint density at radius 3 is 2.69 bits per heavy atom. The molecule has 0 aliphatic heterocycles. The average molecular weight is 222 g/mol. The summed E-state index contributed by atoms with van der Waals surface area (Å²) in [6, 6.07) is 2.00. The number of aromatic nitrogens is 2. The van der Waals surface area contributed by atoms with Crippen LogP contribution in [0, 0.1) is 12.3 Å². The molecular formula is C12H22N4. The summed E-state index contributed by atoms with van der Waals surface area (Å²) in [5, 5.41) is 3.16. The van der Waals surface area contributed by atoms with Crippen LogP contribution in [0.5, 0.6) is 0 Å². The molecule has 0 saturated heterocycles. The number of anilines is 1. The number of nitrogens with one attached hydrogen (secondary N) is 1. The van der Waals surface area contributed by atoms with E-state index in [-0.39, 0.29) is 11.5 Å². The van der Waals surface area contributed by atoms with Crippen molar-refractivity contribution in [3.05, 3.63) is 18.0 Å². The van der Waals surface area contributed by atoms with Crippen LogP contribution in [0.25, 0.3) is 0 Å². The zero-order valence-corrected chi connectivity index (χ0v) is 10.6. The van der Waals surface area contributed by atoms with Crippen molar-refractivity contribution in [1.82, 2.24) is 9.97 Å². The monoisotopic (exact) mass is 222 g/mol. The second kappa shape index (κ2) is 5.25. The molecule has 16 heavy (non-hydrogen) atoms. The molecule has 4 nitrogen and oxygen atoms in total. The van der Waals surface area contributed by atoms with Crippen molar-refractivity contribution in [3.63, 3.8) is 0 Å². The molecule has 1 aromatic heterocycles. The van der Waals surface area contributed by atoms with E-state index >= 15 is 0 Å². The molecule has 1 atom stereocenters. The molecule has 90 valence electrons. The van der Waals surface area contributed by atoms with Gasteiger partial charge in [0.1, 0.15) is 0 Å². The number of hydrogen-bond donors (Lipinski definition) is 2. The molecule has 0 saturated carbocycles. The minimum Gasteiger partial charge on any atom is -0.353 e. The molecule has 0 spiro atoms. The molecule has 0 bridgehead atoms. The van der Waals surface area contributed by atoms with E-state index in [2.05, 4.69) is 36.1 Å². The Hall–Kier alpha value is -1.16. The Balaban J connectivity index is 2.40. The van der Waals surface area contributed by atoms with Crippen LogP contribution in [0.2, 0.25) is 0 Å². The van der Waals surface area contributed by atoms with Gasteiger partial charge in [0, 0.05) is 24.5 Å². The van der Waals surface area contributed by atoms with Crippen molar-refractivity contribution in [1.29, 1.82) is 0 Å². The van der Waals surface area contributed by atoms with Gasteiger partial charge in [-0.3, -0.25) is 0 Å². The van der Waals surface area contributed by atoms with Gasteiger partial charge in [-0.15, -0.1) is 0 Å². The Labute approximate surface area is 97.7 Å². The smallest absolute Gasteiger partial charge is 0.222 e.